The predicted octanol–water partition coefficient (Wildman–Crippen LogP) is 1.82. The van der Waals surface area contributed by atoms with Crippen molar-refractivity contribution in [3.8, 4) is 5.75 Å². The van der Waals surface area contributed by atoms with Crippen LogP contribution in [0.2, 0.25) is 0 Å². The molecular formula is C16H23FN2O3. The number of para-hydroxylation sites is 1. The number of amides is 2. The molecule has 0 spiro atoms. The lowest BCUT2D eigenvalue weighted by Gasteiger charge is -2.26. The first-order valence-electron chi connectivity index (χ1n) is 7.22. The van der Waals surface area contributed by atoms with Gasteiger partial charge in [-0.1, -0.05) is 26.0 Å². The van der Waals surface area contributed by atoms with Gasteiger partial charge < -0.3 is 15.0 Å². The normalized spacial score (nSPS) is 11.9. The molecule has 1 aromatic rings. The highest BCUT2D eigenvalue weighted by atomic mass is 19.1. The molecule has 0 aliphatic heterocycles. The first-order valence-corrected chi connectivity index (χ1v) is 7.22. The summed E-state index contributed by atoms with van der Waals surface area (Å²) in [5, 5.41) is 2.65. The number of ether oxygens (including phenoxy) is 1. The molecule has 0 saturated carbocycles. The lowest BCUT2D eigenvalue weighted by Crippen LogP contribution is -2.50. The molecule has 1 rings (SSSR count). The Balaban J connectivity index is 2.53. The molecule has 0 saturated heterocycles. The van der Waals surface area contributed by atoms with Crippen LogP contribution in [0, 0.1) is 11.7 Å². The fraction of sp³-hybridized carbons (Fsp3) is 0.500. The van der Waals surface area contributed by atoms with Crippen molar-refractivity contribution in [2.45, 2.75) is 26.8 Å². The van der Waals surface area contributed by atoms with E-state index >= 15 is 0 Å². The summed E-state index contributed by atoms with van der Waals surface area (Å²) in [6, 6.07) is 5.54. The third-order valence-corrected chi connectivity index (χ3v) is 3.19. The van der Waals surface area contributed by atoms with Gasteiger partial charge in [-0.3, -0.25) is 9.59 Å². The van der Waals surface area contributed by atoms with E-state index in [9.17, 15) is 14.0 Å². The van der Waals surface area contributed by atoms with Gasteiger partial charge in [-0.25, -0.2) is 4.39 Å². The summed E-state index contributed by atoms with van der Waals surface area (Å²) in [7, 11) is 1.63. The second kappa shape index (κ2) is 8.36. The summed E-state index contributed by atoms with van der Waals surface area (Å²) in [6.45, 7) is 5.58. The summed E-state index contributed by atoms with van der Waals surface area (Å²) in [4.78, 5) is 25.0. The predicted molar refractivity (Wildman–Crippen MR) is 82.0 cm³/mol. The molecule has 0 unspecified atom stereocenters. The largest absolute Gasteiger partial charge is 0.489 e. The average Bonchev–Trinajstić information content (AvgIpc) is 2.45. The molecule has 1 atom stereocenters. The van der Waals surface area contributed by atoms with Crippen LogP contribution in [0.4, 0.5) is 4.39 Å². The Morgan fingerprint density at radius 3 is 2.50 bits per heavy atom. The fourth-order valence-electron chi connectivity index (χ4n) is 1.93. The van der Waals surface area contributed by atoms with Crippen LogP contribution in [0.1, 0.15) is 20.8 Å². The van der Waals surface area contributed by atoms with Crippen LogP contribution in [0.25, 0.3) is 0 Å². The Bertz CT molecular complexity index is 520. The topological polar surface area (TPSA) is 58.6 Å². The van der Waals surface area contributed by atoms with Crippen molar-refractivity contribution in [3.05, 3.63) is 30.1 Å². The summed E-state index contributed by atoms with van der Waals surface area (Å²) < 4.78 is 18.7. The highest BCUT2D eigenvalue weighted by molar-refractivity contribution is 5.86. The first-order chi connectivity index (χ1) is 10.3. The number of hydrogen-bond acceptors (Lipinski definition) is 3. The van der Waals surface area contributed by atoms with Gasteiger partial charge in [-0.15, -0.1) is 0 Å². The zero-order valence-corrected chi connectivity index (χ0v) is 13.4. The summed E-state index contributed by atoms with van der Waals surface area (Å²) in [5.74, 6) is -0.739. The van der Waals surface area contributed by atoms with Gasteiger partial charge in [0.05, 0.1) is 6.54 Å². The minimum absolute atomic E-state index is 0.0219. The van der Waals surface area contributed by atoms with Crippen molar-refractivity contribution in [1.29, 1.82) is 0 Å². The van der Waals surface area contributed by atoms with Gasteiger partial charge in [-0.2, -0.15) is 0 Å². The molecular weight excluding hydrogens is 287 g/mol. The van der Waals surface area contributed by atoms with Crippen molar-refractivity contribution in [2.24, 2.45) is 5.92 Å². The minimum atomic E-state index is -0.573. The van der Waals surface area contributed by atoms with Crippen LogP contribution >= 0.6 is 0 Å². The molecule has 1 N–H and O–H groups in total. The van der Waals surface area contributed by atoms with E-state index in [4.69, 9.17) is 4.74 Å². The van der Waals surface area contributed by atoms with Gasteiger partial charge in [-0.05, 0) is 18.1 Å². The van der Waals surface area contributed by atoms with Crippen LogP contribution in [-0.2, 0) is 9.59 Å². The quantitative estimate of drug-likeness (QED) is 0.836. The van der Waals surface area contributed by atoms with Crippen LogP contribution < -0.4 is 10.1 Å². The van der Waals surface area contributed by atoms with E-state index in [0.717, 1.165) is 0 Å². The second-order valence-corrected chi connectivity index (χ2v) is 5.46. The van der Waals surface area contributed by atoms with Crippen molar-refractivity contribution in [1.82, 2.24) is 10.2 Å². The molecule has 0 fully saturated rings. The summed E-state index contributed by atoms with van der Waals surface area (Å²) in [6.07, 6.45) is 0. The summed E-state index contributed by atoms with van der Waals surface area (Å²) in [5.41, 5.74) is 0. The second-order valence-electron chi connectivity index (χ2n) is 5.46. The molecule has 122 valence electrons. The first kappa shape index (κ1) is 17.9. The van der Waals surface area contributed by atoms with Gasteiger partial charge in [0.25, 0.3) is 0 Å². The molecule has 2 amide bonds. The maximum absolute atomic E-state index is 13.4. The van der Waals surface area contributed by atoms with E-state index in [2.05, 4.69) is 5.32 Å². The maximum atomic E-state index is 13.4. The fourth-order valence-corrected chi connectivity index (χ4v) is 1.93. The number of carbonyl (C=O) groups excluding carboxylic acids is 2. The van der Waals surface area contributed by atoms with Crippen molar-refractivity contribution in [2.75, 3.05) is 20.2 Å². The number of benzene rings is 1. The standard InChI is InChI=1S/C16H23FN2O3/c1-11(2)15(18-12(3)20)16(21)19(4)9-10-22-14-8-6-5-7-13(14)17/h5-8,11,15H,9-10H2,1-4H3,(H,18,20)/t15-/m0/s1. The van der Waals surface area contributed by atoms with E-state index in [-0.39, 0.29) is 30.1 Å². The molecule has 0 bridgehead atoms. The van der Waals surface area contributed by atoms with Gasteiger partial charge in [0, 0.05) is 14.0 Å². The van der Waals surface area contributed by atoms with Crippen LogP contribution in [0.3, 0.4) is 0 Å². The van der Waals surface area contributed by atoms with Crippen molar-refractivity contribution < 1.29 is 18.7 Å². The Labute approximate surface area is 130 Å². The smallest absolute Gasteiger partial charge is 0.245 e. The van der Waals surface area contributed by atoms with E-state index in [1.165, 1.54) is 24.0 Å². The molecule has 0 aliphatic rings. The highest BCUT2D eigenvalue weighted by Gasteiger charge is 2.25. The molecule has 6 heteroatoms. The number of rotatable bonds is 7. The Hall–Kier alpha value is -2.11. The molecule has 0 heterocycles. The monoisotopic (exact) mass is 310 g/mol. The molecule has 0 aliphatic carbocycles. The zero-order valence-electron chi connectivity index (χ0n) is 13.4. The lowest BCUT2D eigenvalue weighted by atomic mass is 10.0. The average molecular weight is 310 g/mol. The van der Waals surface area contributed by atoms with E-state index in [1.54, 1.807) is 19.2 Å². The van der Waals surface area contributed by atoms with Gasteiger partial charge in [0.2, 0.25) is 11.8 Å². The Morgan fingerprint density at radius 1 is 1.32 bits per heavy atom. The number of halogens is 1. The SMILES string of the molecule is CC(=O)N[C@H](C(=O)N(C)CCOc1ccccc1F)C(C)C. The minimum Gasteiger partial charge on any atom is -0.489 e. The molecule has 22 heavy (non-hydrogen) atoms. The molecule has 0 radical (unpaired) electrons. The van der Waals surface area contributed by atoms with Crippen LogP contribution in [-0.4, -0.2) is 43.0 Å². The zero-order chi connectivity index (χ0) is 16.7. The maximum Gasteiger partial charge on any atom is 0.245 e. The van der Waals surface area contributed by atoms with E-state index < -0.39 is 11.9 Å². The number of hydrogen-bond donors (Lipinski definition) is 1. The summed E-state index contributed by atoms with van der Waals surface area (Å²) >= 11 is 0. The van der Waals surface area contributed by atoms with Crippen molar-refractivity contribution >= 4 is 11.8 Å². The van der Waals surface area contributed by atoms with Crippen molar-refractivity contribution in [3.63, 3.8) is 0 Å². The van der Waals surface area contributed by atoms with Gasteiger partial charge in [0.1, 0.15) is 12.6 Å². The van der Waals surface area contributed by atoms with Gasteiger partial charge >= 0.3 is 0 Å². The van der Waals surface area contributed by atoms with Crippen LogP contribution in [0.15, 0.2) is 24.3 Å². The van der Waals surface area contributed by atoms with Crippen LogP contribution in [0.5, 0.6) is 5.75 Å². The Morgan fingerprint density at radius 2 is 1.95 bits per heavy atom. The van der Waals surface area contributed by atoms with Gasteiger partial charge in [0.15, 0.2) is 11.6 Å². The molecule has 5 nitrogen and oxygen atoms in total. The lowest BCUT2D eigenvalue weighted by molar-refractivity contribution is -0.136. The highest BCUT2D eigenvalue weighted by Crippen LogP contribution is 2.15. The molecule has 0 aromatic heterocycles. The van der Waals surface area contributed by atoms with E-state index in [0.29, 0.717) is 6.54 Å². The molecule has 1 aromatic carbocycles. The third-order valence-electron chi connectivity index (χ3n) is 3.19. The number of carbonyl (C=O) groups is 2. The number of nitrogens with zero attached hydrogens (tertiary/aromatic N) is 1. The Kier molecular flexibility index (Phi) is 6.82. The number of likely N-dealkylation sites (N-methyl/N-ethyl adjacent to an activating group) is 1. The number of nitrogens with one attached hydrogen (secondary N) is 1. The van der Waals surface area contributed by atoms with E-state index in [1.807, 2.05) is 13.8 Å². The third kappa shape index (κ3) is 5.35.